The smallest absolute Gasteiger partial charge is 0.266 e. The molecule has 0 saturated heterocycles. The Morgan fingerprint density at radius 1 is 1.10 bits per heavy atom. The molecular formula is C20H16F2N4O3S. The van der Waals surface area contributed by atoms with Gasteiger partial charge in [-0.3, -0.25) is 8.71 Å². The minimum Gasteiger partial charge on any atom is -0.494 e. The highest BCUT2D eigenvalue weighted by molar-refractivity contribution is 7.92. The zero-order chi connectivity index (χ0) is 21.3. The summed E-state index contributed by atoms with van der Waals surface area (Å²) in [5.41, 5.74) is 0.949. The van der Waals surface area contributed by atoms with Gasteiger partial charge in [0.15, 0.2) is 17.2 Å². The SMILES string of the molecule is COc1ccc(CN(c2cccc(F)c2)S(=O)(=O)c2ccc3nncn3c2)cc1F. The fourth-order valence-electron chi connectivity index (χ4n) is 3.01. The Labute approximate surface area is 171 Å². The lowest BCUT2D eigenvalue weighted by molar-refractivity contribution is 0.386. The van der Waals surface area contributed by atoms with Crippen molar-refractivity contribution in [1.82, 2.24) is 14.6 Å². The number of hydrogen-bond acceptors (Lipinski definition) is 5. The summed E-state index contributed by atoms with van der Waals surface area (Å²) in [6, 6.07) is 12.2. The molecule has 2 aromatic heterocycles. The van der Waals surface area contributed by atoms with E-state index in [0.29, 0.717) is 11.2 Å². The molecule has 0 saturated carbocycles. The maximum absolute atomic E-state index is 14.2. The van der Waals surface area contributed by atoms with E-state index in [0.717, 1.165) is 10.4 Å². The van der Waals surface area contributed by atoms with E-state index in [2.05, 4.69) is 10.2 Å². The van der Waals surface area contributed by atoms with Crippen molar-refractivity contribution in [3.8, 4) is 5.75 Å². The first-order valence-electron chi connectivity index (χ1n) is 8.78. The molecule has 0 aliphatic carbocycles. The van der Waals surface area contributed by atoms with Crippen molar-refractivity contribution in [2.75, 3.05) is 11.4 Å². The number of ether oxygens (including phenoxy) is 1. The van der Waals surface area contributed by atoms with Crippen LogP contribution in [-0.4, -0.2) is 30.1 Å². The molecule has 0 radical (unpaired) electrons. The first-order valence-corrected chi connectivity index (χ1v) is 10.2. The standard InChI is InChI=1S/C20H16F2N4O3S/c1-29-19-7-5-14(9-18(19)22)11-26(16-4-2-3-15(21)10-16)30(27,28)17-6-8-20-24-23-13-25(20)12-17/h2-10,12-13H,11H2,1H3. The fourth-order valence-corrected chi connectivity index (χ4v) is 4.46. The van der Waals surface area contributed by atoms with Crippen LogP contribution in [0.25, 0.3) is 5.65 Å². The van der Waals surface area contributed by atoms with E-state index in [1.165, 1.54) is 66.5 Å². The summed E-state index contributed by atoms with van der Waals surface area (Å²) in [6.07, 6.45) is 2.74. The van der Waals surface area contributed by atoms with Crippen LogP contribution < -0.4 is 9.04 Å². The lowest BCUT2D eigenvalue weighted by atomic mass is 10.2. The average Bonchev–Trinajstić information content (AvgIpc) is 3.20. The molecule has 0 spiro atoms. The van der Waals surface area contributed by atoms with E-state index in [4.69, 9.17) is 4.74 Å². The maximum Gasteiger partial charge on any atom is 0.266 e. The lowest BCUT2D eigenvalue weighted by Crippen LogP contribution is -2.31. The minimum atomic E-state index is -4.13. The number of anilines is 1. The van der Waals surface area contributed by atoms with Crippen LogP contribution in [0.3, 0.4) is 0 Å². The number of sulfonamides is 1. The van der Waals surface area contributed by atoms with Gasteiger partial charge in [-0.2, -0.15) is 0 Å². The van der Waals surface area contributed by atoms with Gasteiger partial charge in [0.2, 0.25) is 0 Å². The van der Waals surface area contributed by atoms with Gasteiger partial charge in [-0.15, -0.1) is 10.2 Å². The molecule has 7 nitrogen and oxygen atoms in total. The molecule has 0 N–H and O–H groups in total. The topological polar surface area (TPSA) is 76.8 Å². The number of fused-ring (bicyclic) bond motifs is 1. The monoisotopic (exact) mass is 430 g/mol. The van der Waals surface area contributed by atoms with Crippen LogP contribution in [0.1, 0.15) is 5.56 Å². The Morgan fingerprint density at radius 2 is 1.93 bits per heavy atom. The summed E-state index contributed by atoms with van der Waals surface area (Å²) in [6.45, 7) is -0.215. The number of methoxy groups -OCH3 is 1. The van der Waals surface area contributed by atoms with E-state index >= 15 is 0 Å². The van der Waals surface area contributed by atoms with Crippen LogP contribution >= 0.6 is 0 Å². The molecule has 2 aromatic carbocycles. The van der Waals surface area contributed by atoms with Crippen molar-refractivity contribution in [2.24, 2.45) is 0 Å². The molecule has 0 bridgehead atoms. The Bertz CT molecular complexity index is 1320. The summed E-state index contributed by atoms with van der Waals surface area (Å²) in [5.74, 6) is -1.18. The third kappa shape index (κ3) is 3.69. The number of halogens is 2. The molecule has 10 heteroatoms. The second kappa shape index (κ2) is 7.71. The van der Waals surface area contributed by atoms with E-state index in [1.807, 2.05) is 0 Å². The quantitative estimate of drug-likeness (QED) is 0.469. The zero-order valence-electron chi connectivity index (χ0n) is 15.7. The molecule has 154 valence electrons. The first kappa shape index (κ1) is 19.8. The van der Waals surface area contributed by atoms with Gasteiger partial charge in [0, 0.05) is 6.20 Å². The van der Waals surface area contributed by atoms with Crippen LogP contribution in [0.15, 0.2) is 72.0 Å². The number of hydrogen-bond donors (Lipinski definition) is 0. The molecule has 4 rings (SSSR count). The Morgan fingerprint density at radius 3 is 2.67 bits per heavy atom. The Balaban J connectivity index is 1.81. The van der Waals surface area contributed by atoms with Crippen molar-refractivity contribution in [3.63, 3.8) is 0 Å². The summed E-state index contributed by atoms with van der Waals surface area (Å²) >= 11 is 0. The summed E-state index contributed by atoms with van der Waals surface area (Å²) in [7, 11) is -2.79. The highest BCUT2D eigenvalue weighted by Gasteiger charge is 2.26. The highest BCUT2D eigenvalue weighted by atomic mass is 32.2. The maximum atomic E-state index is 14.2. The van der Waals surface area contributed by atoms with Crippen molar-refractivity contribution in [2.45, 2.75) is 11.4 Å². The number of pyridine rings is 1. The van der Waals surface area contributed by atoms with Gasteiger partial charge < -0.3 is 4.74 Å². The average molecular weight is 430 g/mol. The normalized spacial score (nSPS) is 11.6. The molecule has 0 aliphatic heterocycles. The highest BCUT2D eigenvalue weighted by Crippen LogP contribution is 2.28. The molecule has 0 unspecified atom stereocenters. The van der Waals surface area contributed by atoms with E-state index < -0.39 is 21.7 Å². The third-order valence-corrected chi connectivity index (χ3v) is 6.25. The summed E-state index contributed by atoms with van der Waals surface area (Å²) in [4.78, 5) is -0.0481. The third-order valence-electron chi connectivity index (χ3n) is 4.49. The van der Waals surface area contributed by atoms with E-state index in [9.17, 15) is 17.2 Å². The molecule has 0 atom stereocenters. The van der Waals surface area contributed by atoms with Crippen molar-refractivity contribution >= 4 is 21.4 Å². The van der Waals surface area contributed by atoms with Gasteiger partial charge in [0.1, 0.15) is 17.0 Å². The second-order valence-electron chi connectivity index (χ2n) is 6.42. The molecular weight excluding hydrogens is 414 g/mol. The van der Waals surface area contributed by atoms with Crippen molar-refractivity contribution in [3.05, 3.63) is 84.3 Å². The summed E-state index contributed by atoms with van der Waals surface area (Å²) < 4.78 is 62.3. The van der Waals surface area contributed by atoms with Gasteiger partial charge >= 0.3 is 0 Å². The number of aromatic nitrogens is 3. The Hall–Kier alpha value is -3.53. The Kier molecular flexibility index (Phi) is 5.08. The molecule has 0 amide bonds. The zero-order valence-corrected chi connectivity index (χ0v) is 16.6. The lowest BCUT2D eigenvalue weighted by Gasteiger charge is -2.25. The molecule has 30 heavy (non-hydrogen) atoms. The molecule has 2 heterocycles. The van der Waals surface area contributed by atoms with Crippen LogP contribution in [0.4, 0.5) is 14.5 Å². The number of nitrogens with zero attached hydrogens (tertiary/aromatic N) is 4. The van der Waals surface area contributed by atoms with Crippen molar-refractivity contribution in [1.29, 1.82) is 0 Å². The first-order chi connectivity index (χ1) is 14.4. The minimum absolute atomic E-state index is 0.0389. The predicted octanol–water partition coefficient (Wildman–Crippen LogP) is 3.41. The fraction of sp³-hybridized carbons (Fsp3) is 0.100. The van der Waals surface area contributed by atoms with Crippen LogP contribution in [0, 0.1) is 11.6 Å². The summed E-state index contributed by atoms with van der Waals surface area (Å²) in [5, 5.41) is 7.59. The van der Waals surface area contributed by atoms with Crippen LogP contribution in [-0.2, 0) is 16.6 Å². The van der Waals surface area contributed by atoms with Crippen LogP contribution in [0.2, 0.25) is 0 Å². The van der Waals surface area contributed by atoms with Crippen molar-refractivity contribution < 1.29 is 21.9 Å². The van der Waals surface area contributed by atoms with Gasteiger partial charge in [0.05, 0.1) is 19.3 Å². The predicted molar refractivity (Wildman–Crippen MR) is 106 cm³/mol. The van der Waals surface area contributed by atoms with E-state index in [-0.39, 0.29) is 22.9 Å². The van der Waals surface area contributed by atoms with Gasteiger partial charge in [-0.1, -0.05) is 12.1 Å². The molecule has 0 aliphatic rings. The van der Waals surface area contributed by atoms with Gasteiger partial charge in [-0.25, -0.2) is 17.2 Å². The van der Waals surface area contributed by atoms with Gasteiger partial charge in [0.25, 0.3) is 10.0 Å². The van der Waals surface area contributed by atoms with E-state index in [1.54, 1.807) is 6.07 Å². The largest absolute Gasteiger partial charge is 0.494 e. The number of benzene rings is 2. The molecule has 4 aromatic rings. The van der Waals surface area contributed by atoms with Crippen LogP contribution in [0.5, 0.6) is 5.75 Å². The molecule has 0 fully saturated rings. The number of rotatable bonds is 6. The van der Waals surface area contributed by atoms with Gasteiger partial charge in [-0.05, 0) is 48.0 Å². The second-order valence-corrected chi connectivity index (χ2v) is 8.28.